The van der Waals surface area contributed by atoms with Crippen LogP contribution in [0.2, 0.25) is 0 Å². The molecule has 0 amide bonds. The minimum atomic E-state index is -3.74. The number of sulfonamides is 1. The van der Waals surface area contributed by atoms with Crippen molar-refractivity contribution >= 4 is 48.2 Å². The normalized spacial score (nSPS) is 16.9. The zero-order valence-corrected chi connectivity index (χ0v) is 15.9. The van der Waals surface area contributed by atoms with Crippen molar-refractivity contribution in [2.24, 2.45) is 11.7 Å². The van der Waals surface area contributed by atoms with E-state index >= 15 is 0 Å². The van der Waals surface area contributed by atoms with Crippen molar-refractivity contribution in [1.82, 2.24) is 4.72 Å². The van der Waals surface area contributed by atoms with E-state index in [0.717, 1.165) is 19.1 Å². The lowest BCUT2D eigenvalue weighted by Gasteiger charge is -2.17. The second-order valence-electron chi connectivity index (χ2n) is 5.17. The third kappa shape index (κ3) is 4.65. The van der Waals surface area contributed by atoms with E-state index in [4.69, 9.17) is 5.73 Å². The van der Waals surface area contributed by atoms with Crippen LogP contribution in [0.1, 0.15) is 12.8 Å². The summed E-state index contributed by atoms with van der Waals surface area (Å²) in [4.78, 5) is 0.0693. The Kier molecular flexibility index (Phi) is 6.45. The fraction of sp³-hybridized carbons (Fsp3) is 0.500. The Morgan fingerprint density at radius 1 is 1.32 bits per heavy atom. The van der Waals surface area contributed by atoms with Crippen molar-refractivity contribution < 1.29 is 16.8 Å². The number of rotatable bonds is 6. The van der Waals surface area contributed by atoms with Crippen molar-refractivity contribution in [3.05, 3.63) is 22.7 Å². The topological polar surface area (TPSA) is 106 Å². The van der Waals surface area contributed by atoms with Crippen LogP contribution in [0.25, 0.3) is 0 Å². The van der Waals surface area contributed by atoms with E-state index in [1.165, 1.54) is 18.2 Å². The highest BCUT2D eigenvalue weighted by molar-refractivity contribution is 9.10. The van der Waals surface area contributed by atoms with Gasteiger partial charge < -0.3 is 5.73 Å². The molecular weight excluding hydrogens is 416 g/mol. The molecular formula is C12H18BrClN2O4S2. The minimum Gasteiger partial charge on any atom is -0.329 e. The van der Waals surface area contributed by atoms with Crippen LogP contribution in [0.3, 0.4) is 0 Å². The highest BCUT2D eigenvalue weighted by atomic mass is 79.9. The van der Waals surface area contributed by atoms with Crippen LogP contribution < -0.4 is 10.5 Å². The lowest BCUT2D eigenvalue weighted by atomic mass is 10.2. The number of nitrogens with one attached hydrogen (secondary N) is 1. The number of hydrogen-bond donors (Lipinski definition) is 2. The first-order valence-corrected chi connectivity index (χ1v) is 10.5. The van der Waals surface area contributed by atoms with Crippen LogP contribution in [0.4, 0.5) is 0 Å². The molecule has 1 fully saturated rings. The van der Waals surface area contributed by atoms with Gasteiger partial charge in [-0.25, -0.2) is 21.6 Å². The molecule has 126 valence electrons. The van der Waals surface area contributed by atoms with E-state index in [0.29, 0.717) is 5.92 Å². The molecule has 10 heteroatoms. The second-order valence-corrected chi connectivity index (χ2v) is 9.72. The van der Waals surface area contributed by atoms with Crippen LogP contribution in [-0.2, 0) is 19.9 Å². The summed E-state index contributed by atoms with van der Waals surface area (Å²) < 4.78 is 50.5. The summed E-state index contributed by atoms with van der Waals surface area (Å²) in [5.74, 6) is 0.291. The zero-order valence-electron chi connectivity index (χ0n) is 11.8. The molecule has 1 saturated carbocycles. The van der Waals surface area contributed by atoms with Gasteiger partial charge in [-0.15, -0.1) is 12.4 Å². The maximum atomic E-state index is 12.4. The van der Waals surface area contributed by atoms with Gasteiger partial charge in [0.25, 0.3) is 0 Å². The average Bonchev–Trinajstić information content (AvgIpc) is 3.18. The van der Waals surface area contributed by atoms with E-state index < -0.39 is 19.9 Å². The first-order chi connectivity index (χ1) is 9.65. The van der Waals surface area contributed by atoms with Crippen molar-refractivity contribution in [3.63, 3.8) is 0 Å². The fourth-order valence-electron chi connectivity index (χ4n) is 2.03. The molecule has 0 spiro atoms. The highest BCUT2D eigenvalue weighted by Crippen LogP contribution is 2.33. The molecule has 1 unspecified atom stereocenters. The van der Waals surface area contributed by atoms with E-state index in [1.807, 2.05) is 0 Å². The summed E-state index contributed by atoms with van der Waals surface area (Å²) in [5, 5.41) is 0. The Morgan fingerprint density at radius 2 is 1.91 bits per heavy atom. The summed E-state index contributed by atoms with van der Waals surface area (Å²) in [6, 6.07) is 3.57. The average molecular weight is 434 g/mol. The molecule has 0 heterocycles. The number of halogens is 2. The van der Waals surface area contributed by atoms with E-state index in [9.17, 15) is 16.8 Å². The molecule has 0 aliphatic heterocycles. The predicted octanol–water partition coefficient (Wildman–Crippen LogP) is 1.29. The summed E-state index contributed by atoms with van der Waals surface area (Å²) >= 11 is 3.13. The molecule has 1 aliphatic rings. The van der Waals surface area contributed by atoms with Crippen LogP contribution in [-0.4, -0.2) is 35.7 Å². The molecule has 6 nitrogen and oxygen atoms in total. The number of benzene rings is 1. The third-order valence-electron chi connectivity index (χ3n) is 3.37. The van der Waals surface area contributed by atoms with Crippen molar-refractivity contribution in [2.45, 2.75) is 28.7 Å². The van der Waals surface area contributed by atoms with E-state index in [2.05, 4.69) is 20.7 Å². The monoisotopic (exact) mass is 432 g/mol. The standard InChI is InChI=1S/C12H17BrN2O4S2.ClH/c1-20(16,17)9-4-5-12(10(13)6-9)21(18,19)15-11(7-14)8-2-3-8;/h4-6,8,11,15H,2-3,7,14H2,1H3;1H. The molecule has 0 bridgehead atoms. The van der Waals surface area contributed by atoms with Gasteiger partial charge in [0.05, 0.1) is 9.79 Å². The lowest BCUT2D eigenvalue weighted by Crippen LogP contribution is -2.41. The van der Waals surface area contributed by atoms with Gasteiger partial charge in [-0.1, -0.05) is 0 Å². The molecule has 1 aliphatic carbocycles. The van der Waals surface area contributed by atoms with E-state index in [-0.39, 0.29) is 39.3 Å². The van der Waals surface area contributed by atoms with E-state index in [1.54, 1.807) is 0 Å². The van der Waals surface area contributed by atoms with Crippen molar-refractivity contribution in [1.29, 1.82) is 0 Å². The Balaban J connectivity index is 0.00000242. The van der Waals surface area contributed by atoms with Crippen LogP contribution in [0.5, 0.6) is 0 Å². The van der Waals surface area contributed by atoms with Gasteiger partial charge in [0.15, 0.2) is 9.84 Å². The first kappa shape index (κ1) is 19.9. The predicted molar refractivity (Wildman–Crippen MR) is 90.4 cm³/mol. The quantitative estimate of drug-likeness (QED) is 0.703. The Bertz CT molecular complexity index is 748. The molecule has 0 aromatic heterocycles. The summed E-state index contributed by atoms with van der Waals surface area (Å²) in [5.41, 5.74) is 5.60. The van der Waals surface area contributed by atoms with Gasteiger partial charge in [-0.2, -0.15) is 0 Å². The van der Waals surface area contributed by atoms with Crippen LogP contribution in [0.15, 0.2) is 32.5 Å². The SMILES string of the molecule is CS(=O)(=O)c1ccc(S(=O)(=O)NC(CN)C2CC2)c(Br)c1.Cl. The zero-order chi connectivity index (χ0) is 15.8. The van der Waals surface area contributed by atoms with Crippen molar-refractivity contribution in [2.75, 3.05) is 12.8 Å². The largest absolute Gasteiger partial charge is 0.329 e. The summed E-state index contributed by atoms with van der Waals surface area (Å²) in [6.07, 6.45) is 3.01. The van der Waals surface area contributed by atoms with Gasteiger partial charge in [0, 0.05) is 23.3 Å². The molecule has 1 aromatic carbocycles. The summed E-state index contributed by atoms with van der Waals surface area (Å²) in [6.45, 7) is 0.239. The molecule has 0 radical (unpaired) electrons. The number of sulfone groups is 1. The van der Waals surface area contributed by atoms with Gasteiger partial charge in [-0.05, 0) is 52.9 Å². The molecule has 3 N–H and O–H groups in total. The number of hydrogen-bond acceptors (Lipinski definition) is 5. The maximum absolute atomic E-state index is 12.4. The van der Waals surface area contributed by atoms with Crippen LogP contribution in [0, 0.1) is 5.92 Å². The third-order valence-corrected chi connectivity index (χ3v) is 6.95. The first-order valence-electron chi connectivity index (χ1n) is 6.37. The molecule has 0 saturated heterocycles. The van der Waals surface area contributed by atoms with Gasteiger partial charge in [-0.3, -0.25) is 0 Å². The molecule has 2 rings (SSSR count). The van der Waals surface area contributed by atoms with Gasteiger partial charge in [0.2, 0.25) is 10.0 Å². The smallest absolute Gasteiger partial charge is 0.241 e. The van der Waals surface area contributed by atoms with Crippen LogP contribution >= 0.6 is 28.3 Å². The maximum Gasteiger partial charge on any atom is 0.241 e. The van der Waals surface area contributed by atoms with Crippen molar-refractivity contribution in [3.8, 4) is 0 Å². The Hall–Kier alpha value is -0.190. The molecule has 1 atom stereocenters. The molecule has 22 heavy (non-hydrogen) atoms. The summed E-state index contributed by atoms with van der Waals surface area (Å²) in [7, 11) is -7.13. The van der Waals surface area contributed by atoms with Gasteiger partial charge >= 0.3 is 0 Å². The second kappa shape index (κ2) is 7.14. The van der Waals surface area contributed by atoms with Gasteiger partial charge in [0.1, 0.15) is 0 Å². The number of nitrogens with two attached hydrogens (primary N) is 1. The Labute approximate surface area is 145 Å². The highest BCUT2D eigenvalue weighted by Gasteiger charge is 2.34. The fourth-order valence-corrected chi connectivity index (χ4v) is 5.22. The lowest BCUT2D eigenvalue weighted by molar-refractivity contribution is 0.519. The minimum absolute atomic E-state index is 0. The Morgan fingerprint density at radius 3 is 2.32 bits per heavy atom. The molecule has 1 aromatic rings.